The highest BCUT2D eigenvalue weighted by Gasteiger charge is 2.26. The predicted octanol–water partition coefficient (Wildman–Crippen LogP) is 0.220. The first-order valence-electron chi connectivity index (χ1n) is 5.34. The van der Waals surface area contributed by atoms with E-state index in [9.17, 15) is 10.1 Å². The molecule has 1 aliphatic rings. The summed E-state index contributed by atoms with van der Waals surface area (Å²) >= 11 is 0. The van der Waals surface area contributed by atoms with Crippen molar-refractivity contribution in [3.8, 4) is 0 Å². The van der Waals surface area contributed by atoms with Crippen LogP contribution in [-0.2, 0) is 4.74 Å². The summed E-state index contributed by atoms with van der Waals surface area (Å²) in [6.07, 6.45) is 0. The van der Waals surface area contributed by atoms with Crippen molar-refractivity contribution in [1.82, 2.24) is 9.97 Å². The highest BCUT2D eigenvalue weighted by molar-refractivity contribution is 5.59. The van der Waals surface area contributed by atoms with Gasteiger partial charge in [0.15, 0.2) is 0 Å². The number of nitro groups is 1. The number of aromatic nitrogens is 2. The molecule has 1 saturated heterocycles. The second-order valence-electron chi connectivity index (χ2n) is 3.98. The van der Waals surface area contributed by atoms with E-state index in [-0.39, 0.29) is 5.82 Å². The molecule has 2 heterocycles. The average Bonchev–Trinajstić information content (AvgIpc) is 2.75. The van der Waals surface area contributed by atoms with Gasteiger partial charge in [0.2, 0.25) is 5.82 Å². The van der Waals surface area contributed by atoms with E-state index >= 15 is 0 Å². The standard InChI is InChI=1S/C9H15N5O3/c1-12(2)9-10-7(8(11-9)14(15)16)13-3-5-17-6-4-13/h3-6H2,1-2H3,(H,10,11). The Morgan fingerprint density at radius 1 is 1.47 bits per heavy atom. The van der Waals surface area contributed by atoms with E-state index in [1.807, 2.05) is 4.90 Å². The number of hydrogen-bond donors (Lipinski definition) is 1. The number of morpholine rings is 1. The summed E-state index contributed by atoms with van der Waals surface area (Å²) in [4.78, 5) is 21.1. The first-order chi connectivity index (χ1) is 8.09. The van der Waals surface area contributed by atoms with Crippen molar-refractivity contribution in [1.29, 1.82) is 0 Å². The number of ether oxygens (including phenoxy) is 1. The molecule has 0 saturated carbocycles. The van der Waals surface area contributed by atoms with E-state index < -0.39 is 4.92 Å². The van der Waals surface area contributed by atoms with Gasteiger partial charge in [0.05, 0.1) is 13.2 Å². The lowest BCUT2D eigenvalue weighted by atomic mass is 10.4. The molecule has 0 atom stereocenters. The van der Waals surface area contributed by atoms with E-state index in [1.165, 1.54) is 0 Å². The number of nitrogens with zero attached hydrogens (tertiary/aromatic N) is 4. The van der Waals surface area contributed by atoms with Crippen molar-refractivity contribution in [2.24, 2.45) is 0 Å². The molecule has 17 heavy (non-hydrogen) atoms. The number of H-pyrrole nitrogens is 1. The van der Waals surface area contributed by atoms with Gasteiger partial charge in [-0.1, -0.05) is 0 Å². The fourth-order valence-corrected chi connectivity index (χ4v) is 1.68. The molecule has 94 valence electrons. The second-order valence-corrected chi connectivity index (χ2v) is 3.98. The van der Waals surface area contributed by atoms with Crippen molar-refractivity contribution < 1.29 is 9.66 Å². The molecule has 1 aromatic heterocycles. The van der Waals surface area contributed by atoms with Gasteiger partial charge in [-0.2, -0.15) is 4.98 Å². The van der Waals surface area contributed by atoms with Crippen LogP contribution in [0.5, 0.6) is 0 Å². The van der Waals surface area contributed by atoms with Gasteiger partial charge in [-0.3, -0.25) is 0 Å². The topological polar surface area (TPSA) is 87.5 Å². The zero-order valence-electron chi connectivity index (χ0n) is 9.84. The number of nitrogens with one attached hydrogen (secondary N) is 1. The number of imidazole rings is 1. The maximum atomic E-state index is 11.0. The normalized spacial score (nSPS) is 16.0. The summed E-state index contributed by atoms with van der Waals surface area (Å²) in [5, 5.41) is 11.0. The van der Waals surface area contributed by atoms with E-state index in [0.29, 0.717) is 38.1 Å². The van der Waals surface area contributed by atoms with Crippen LogP contribution in [0.15, 0.2) is 0 Å². The highest BCUT2D eigenvalue weighted by Crippen LogP contribution is 2.28. The molecule has 8 nitrogen and oxygen atoms in total. The van der Waals surface area contributed by atoms with Crippen LogP contribution in [0.3, 0.4) is 0 Å². The fourth-order valence-electron chi connectivity index (χ4n) is 1.68. The summed E-state index contributed by atoms with van der Waals surface area (Å²) in [6.45, 7) is 2.39. The number of aromatic amines is 1. The third kappa shape index (κ3) is 2.31. The minimum Gasteiger partial charge on any atom is -0.378 e. The van der Waals surface area contributed by atoms with Crippen LogP contribution in [0.4, 0.5) is 17.6 Å². The molecule has 1 aliphatic heterocycles. The van der Waals surface area contributed by atoms with Gasteiger partial charge in [-0.25, -0.2) is 4.98 Å². The van der Waals surface area contributed by atoms with Crippen LogP contribution in [0, 0.1) is 10.1 Å². The van der Waals surface area contributed by atoms with Crippen LogP contribution >= 0.6 is 0 Å². The van der Waals surface area contributed by atoms with E-state index in [2.05, 4.69) is 9.97 Å². The van der Waals surface area contributed by atoms with Gasteiger partial charge in [-0.05, 0) is 4.92 Å². The summed E-state index contributed by atoms with van der Waals surface area (Å²) in [5.74, 6) is 0.816. The minimum absolute atomic E-state index is 0.0596. The minimum atomic E-state index is -0.440. The van der Waals surface area contributed by atoms with E-state index in [0.717, 1.165) is 0 Å². The van der Waals surface area contributed by atoms with Crippen molar-refractivity contribution >= 4 is 17.6 Å². The zero-order valence-corrected chi connectivity index (χ0v) is 9.84. The average molecular weight is 241 g/mol. The molecule has 8 heteroatoms. The molecule has 0 aliphatic carbocycles. The third-order valence-corrected chi connectivity index (χ3v) is 2.57. The van der Waals surface area contributed by atoms with Crippen molar-refractivity contribution in [3.05, 3.63) is 10.1 Å². The Morgan fingerprint density at radius 2 is 2.12 bits per heavy atom. The van der Waals surface area contributed by atoms with Gasteiger partial charge in [0.1, 0.15) is 0 Å². The number of hydrogen-bond acceptors (Lipinski definition) is 6. The number of anilines is 2. The smallest absolute Gasteiger partial charge is 0.366 e. The summed E-state index contributed by atoms with van der Waals surface area (Å²) in [7, 11) is 3.57. The molecule has 0 spiro atoms. The molecular weight excluding hydrogens is 226 g/mol. The molecule has 0 amide bonds. The third-order valence-electron chi connectivity index (χ3n) is 2.57. The quantitative estimate of drug-likeness (QED) is 0.601. The SMILES string of the molecule is CN(C)c1nc(N2CCOCC2)c([N+](=O)[O-])[nH]1. The maximum absolute atomic E-state index is 11.0. The lowest BCUT2D eigenvalue weighted by Crippen LogP contribution is -2.36. The van der Waals surface area contributed by atoms with E-state index in [4.69, 9.17) is 4.74 Å². The molecule has 0 bridgehead atoms. The Hall–Kier alpha value is -1.83. The van der Waals surface area contributed by atoms with Gasteiger partial charge in [0.25, 0.3) is 5.95 Å². The van der Waals surface area contributed by atoms with Crippen LogP contribution in [0.1, 0.15) is 0 Å². The first kappa shape index (κ1) is 11.6. The molecular formula is C9H15N5O3. The van der Waals surface area contributed by atoms with Crippen LogP contribution in [0.2, 0.25) is 0 Å². The monoisotopic (exact) mass is 241 g/mol. The van der Waals surface area contributed by atoms with Crippen LogP contribution in [-0.4, -0.2) is 55.3 Å². The molecule has 1 fully saturated rings. The fraction of sp³-hybridized carbons (Fsp3) is 0.667. The van der Waals surface area contributed by atoms with Gasteiger partial charge in [0, 0.05) is 27.2 Å². The molecule has 2 rings (SSSR count). The predicted molar refractivity (Wildman–Crippen MR) is 62.6 cm³/mol. The lowest BCUT2D eigenvalue weighted by Gasteiger charge is -2.25. The van der Waals surface area contributed by atoms with Gasteiger partial charge in [-0.15, -0.1) is 0 Å². The van der Waals surface area contributed by atoms with Crippen molar-refractivity contribution in [2.45, 2.75) is 0 Å². The molecule has 0 unspecified atom stereocenters. The Labute approximate surface area is 98.3 Å². The van der Waals surface area contributed by atoms with Crippen LogP contribution < -0.4 is 9.80 Å². The van der Waals surface area contributed by atoms with Crippen molar-refractivity contribution in [2.75, 3.05) is 50.2 Å². The zero-order chi connectivity index (χ0) is 12.4. The summed E-state index contributed by atoms with van der Waals surface area (Å²) in [5.41, 5.74) is 0. The van der Waals surface area contributed by atoms with E-state index in [1.54, 1.807) is 19.0 Å². The molecule has 1 aromatic rings. The van der Waals surface area contributed by atoms with Crippen LogP contribution in [0.25, 0.3) is 0 Å². The molecule has 0 aromatic carbocycles. The highest BCUT2D eigenvalue weighted by atomic mass is 16.6. The van der Waals surface area contributed by atoms with Crippen molar-refractivity contribution in [3.63, 3.8) is 0 Å². The summed E-state index contributed by atoms with van der Waals surface area (Å²) in [6, 6.07) is 0. The lowest BCUT2D eigenvalue weighted by molar-refractivity contribution is -0.388. The summed E-state index contributed by atoms with van der Waals surface area (Å²) < 4.78 is 5.22. The Bertz CT molecular complexity index is 411. The van der Waals surface area contributed by atoms with Gasteiger partial charge >= 0.3 is 5.82 Å². The second kappa shape index (κ2) is 4.58. The first-order valence-corrected chi connectivity index (χ1v) is 5.34. The Balaban J connectivity index is 2.32. The number of rotatable bonds is 3. The largest absolute Gasteiger partial charge is 0.378 e. The maximum Gasteiger partial charge on any atom is 0.366 e. The molecule has 1 N–H and O–H groups in total. The molecule has 0 radical (unpaired) electrons. The Kier molecular flexibility index (Phi) is 3.14. The Morgan fingerprint density at radius 3 is 2.65 bits per heavy atom. The van der Waals surface area contributed by atoms with Gasteiger partial charge < -0.3 is 24.7 Å².